The smallest absolute Gasteiger partial charge is 0.306 e. The van der Waals surface area contributed by atoms with E-state index in [0.717, 1.165) is 16.6 Å². The minimum Gasteiger partial charge on any atom is -0.481 e. The number of rotatable bonds is 1. The monoisotopic (exact) mass is 247 g/mol. The van der Waals surface area contributed by atoms with E-state index in [1.807, 2.05) is 17.7 Å². The molecule has 2 aromatic rings. The molecule has 1 unspecified atom stereocenters. The van der Waals surface area contributed by atoms with Crippen LogP contribution in [0.25, 0.3) is 10.9 Å². The van der Waals surface area contributed by atoms with E-state index in [1.54, 1.807) is 6.07 Å². The lowest BCUT2D eigenvalue weighted by Crippen LogP contribution is -2.23. The highest BCUT2D eigenvalue weighted by molar-refractivity contribution is 5.87. The van der Waals surface area contributed by atoms with Crippen molar-refractivity contribution in [3.63, 3.8) is 0 Å². The van der Waals surface area contributed by atoms with Gasteiger partial charge < -0.3 is 9.67 Å². The van der Waals surface area contributed by atoms with Crippen molar-refractivity contribution in [2.75, 3.05) is 0 Å². The molecular formula is C14H14FNO2. The highest BCUT2D eigenvalue weighted by atomic mass is 19.1. The SMILES string of the molecule is Cn1c2c(c3cccc(F)c31)CCC(C(=O)O)C2. The Morgan fingerprint density at radius 3 is 3.00 bits per heavy atom. The van der Waals surface area contributed by atoms with Gasteiger partial charge in [0.1, 0.15) is 5.82 Å². The fraction of sp³-hybridized carbons (Fsp3) is 0.357. The summed E-state index contributed by atoms with van der Waals surface area (Å²) < 4.78 is 15.7. The van der Waals surface area contributed by atoms with Gasteiger partial charge in [-0.2, -0.15) is 0 Å². The number of carboxylic acid groups (broad SMARTS) is 1. The van der Waals surface area contributed by atoms with Crippen molar-refractivity contribution in [3.8, 4) is 0 Å². The number of para-hydroxylation sites is 1. The Hall–Kier alpha value is -1.84. The molecule has 18 heavy (non-hydrogen) atoms. The molecule has 1 atom stereocenters. The summed E-state index contributed by atoms with van der Waals surface area (Å²) in [6.45, 7) is 0. The molecule has 1 aromatic carbocycles. The maximum Gasteiger partial charge on any atom is 0.306 e. The van der Waals surface area contributed by atoms with Crippen LogP contribution in [-0.2, 0) is 24.7 Å². The standard InChI is InChI=1S/C14H14FNO2/c1-16-12-7-8(14(17)18)5-6-9(12)10-3-2-4-11(15)13(10)16/h2-4,8H,5-7H2,1H3,(H,17,18). The van der Waals surface area contributed by atoms with Crippen molar-refractivity contribution in [2.45, 2.75) is 19.3 Å². The number of fused-ring (bicyclic) bond motifs is 3. The van der Waals surface area contributed by atoms with Crippen LogP contribution in [0, 0.1) is 11.7 Å². The second-order valence-corrected chi connectivity index (χ2v) is 4.90. The van der Waals surface area contributed by atoms with Crippen molar-refractivity contribution in [3.05, 3.63) is 35.3 Å². The van der Waals surface area contributed by atoms with E-state index in [-0.39, 0.29) is 11.7 Å². The van der Waals surface area contributed by atoms with Gasteiger partial charge in [-0.05, 0) is 24.5 Å². The third kappa shape index (κ3) is 1.45. The van der Waals surface area contributed by atoms with Crippen molar-refractivity contribution >= 4 is 16.9 Å². The quantitative estimate of drug-likeness (QED) is 0.841. The molecule has 0 spiro atoms. The lowest BCUT2D eigenvalue weighted by atomic mass is 9.87. The van der Waals surface area contributed by atoms with E-state index in [4.69, 9.17) is 5.11 Å². The van der Waals surface area contributed by atoms with Crippen LogP contribution in [0.1, 0.15) is 17.7 Å². The molecule has 94 valence electrons. The summed E-state index contributed by atoms with van der Waals surface area (Å²) in [6, 6.07) is 5.07. The molecular weight excluding hydrogens is 233 g/mol. The minimum atomic E-state index is -0.758. The van der Waals surface area contributed by atoms with E-state index < -0.39 is 5.97 Å². The van der Waals surface area contributed by atoms with Crippen LogP contribution >= 0.6 is 0 Å². The summed E-state index contributed by atoms with van der Waals surface area (Å²) in [5.41, 5.74) is 2.67. The molecule has 3 rings (SSSR count). The van der Waals surface area contributed by atoms with Gasteiger partial charge in [-0.1, -0.05) is 12.1 Å². The molecule has 0 aliphatic heterocycles. The third-order valence-corrected chi connectivity index (χ3v) is 3.93. The average Bonchev–Trinajstić information content (AvgIpc) is 2.64. The van der Waals surface area contributed by atoms with Crippen LogP contribution in [0.5, 0.6) is 0 Å². The van der Waals surface area contributed by atoms with Gasteiger partial charge >= 0.3 is 5.97 Å². The van der Waals surface area contributed by atoms with Crippen LogP contribution in [-0.4, -0.2) is 15.6 Å². The highest BCUT2D eigenvalue weighted by Gasteiger charge is 2.28. The first-order valence-electron chi connectivity index (χ1n) is 6.07. The number of benzene rings is 1. The molecule has 4 heteroatoms. The first-order chi connectivity index (χ1) is 8.59. The summed E-state index contributed by atoms with van der Waals surface area (Å²) in [5.74, 6) is -1.34. The molecule has 3 nitrogen and oxygen atoms in total. The normalized spacial score (nSPS) is 18.9. The largest absolute Gasteiger partial charge is 0.481 e. The topological polar surface area (TPSA) is 42.2 Å². The number of hydrogen-bond acceptors (Lipinski definition) is 1. The van der Waals surface area contributed by atoms with E-state index in [2.05, 4.69) is 0 Å². The number of nitrogens with zero attached hydrogens (tertiary/aromatic N) is 1. The predicted octanol–water partition coefficient (Wildman–Crippen LogP) is 2.51. The van der Waals surface area contributed by atoms with E-state index in [0.29, 0.717) is 24.8 Å². The van der Waals surface area contributed by atoms with E-state index in [9.17, 15) is 9.18 Å². The molecule has 0 bridgehead atoms. The van der Waals surface area contributed by atoms with Gasteiger partial charge in [0.2, 0.25) is 0 Å². The number of aryl methyl sites for hydroxylation is 2. The van der Waals surface area contributed by atoms with Gasteiger partial charge in [0.15, 0.2) is 0 Å². The summed E-state index contributed by atoms with van der Waals surface area (Å²) >= 11 is 0. The molecule has 1 aromatic heterocycles. The maximum absolute atomic E-state index is 13.9. The second-order valence-electron chi connectivity index (χ2n) is 4.90. The number of halogens is 1. The lowest BCUT2D eigenvalue weighted by Gasteiger charge is -2.20. The summed E-state index contributed by atoms with van der Waals surface area (Å²) in [4.78, 5) is 11.1. The number of aliphatic carboxylic acids is 1. The van der Waals surface area contributed by atoms with Gasteiger partial charge in [0, 0.05) is 24.5 Å². The zero-order valence-electron chi connectivity index (χ0n) is 10.1. The molecule has 0 amide bonds. The van der Waals surface area contributed by atoms with Gasteiger partial charge in [-0.15, -0.1) is 0 Å². The van der Waals surface area contributed by atoms with Gasteiger partial charge in [-0.25, -0.2) is 4.39 Å². The van der Waals surface area contributed by atoms with Gasteiger partial charge in [0.05, 0.1) is 11.4 Å². The number of carbonyl (C=O) groups is 1. The number of hydrogen-bond donors (Lipinski definition) is 1. The molecule has 0 saturated carbocycles. The molecule has 0 saturated heterocycles. The van der Waals surface area contributed by atoms with Gasteiger partial charge in [-0.3, -0.25) is 4.79 Å². The van der Waals surface area contributed by atoms with E-state index in [1.165, 1.54) is 6.07 Å². The summed E-state index contributed by atoms with van der Waals surface area (Å²) in [6.07, 6.45) is 1.85. The predicted molar refractivity (Wildman–Crippen MR) is 66.0 cm³/mol. The first kappa shape index (κ1) is 11.3. The molecule has 1 aliphatic carbocycles. The average molecular weight is 247 g/mol. The number of carboxylic acids is 1. The summed E-state index contributed by atoms with van der Waals surface area (Å²) in [7, 11) is 1.81. The Bertz CT molecular complexity index is 645. The Morgan fingerprint density at radius 2 is 2.28 bits per heavy atom. The van der Waals surface area contributed by atoms with Crippen LogP contribution in [0.2, 0.25) is 0 Å². The molecule has 1 N–H and O–H groups in total. The molecule has 0 fully saturated rings. The first-order valence-corrected chi connectivity index (χ1v) is 6.07. The Morgan fingerprint density at radius 1 is 1.50 bits per heavy atom. The zero-order chi connectivity index (χ0) is 12.9. The van der Waals surface area contributed by atoms with Crippen LogP contribution in [0.3, 0.4) is 0 Å². The highest BCUT2D eigenvalue weighted by Crippen LogP contribution is 2.34. The van der Waals surface area contributed by atoms with E-state index >= 15 is 0 Å². The Balaban J connectivity index is 2.22. The molecule has 1 heterocycles. The van der Waals surface area contributed by atoms with Crippen molar-refractivity contribution in [1.29, 1.82) is 0 Å². The Kier molecular flexibility index (Phi) is 2.40. The van der Waals surface area contributed by atoms with Crippen molar-refractivity contribution in [2.24, 2.45) is 13.0 Å². The van der Waals surface area contributed by atoms with Gasteiger partial charge in [0.25, 0.3) is 0 Å². The van der Waals surface area contributed by atoms with Crippen molar-refractivity contribution < 1.29 is 14.3 Å². The summed E-state index contributed by atoms with van der Waals surface area (Å²) in [5, 5.41) is 10.0. The van der Waals surface area contributed by atoms with Crippen LogP contribution in [0.4, 0.5) is 4.39 Å². The third-order valence-electron chi connectivity index (χ3n) is 3.93. The van der Waals surface area contributed by atoms with Crippen LogP contribution in [0.15, 0.2) is 18.2 Å². The Labute approximate surface area is 104 Å². The lowest BCUT2D eigenvalue weighted by molar-refractivity contribution is -0.142. The molecule has 1 aliphatic rings. The minimum absolute atomic E-state index is 0.240. The zero-order valence-corrected chi connectivity index (χ0v) is 10.1. The van der Waals surface area contributed by atoms with Crippen molar-refractivity contribution in [1.82, 2.24) is 4.57 Å². The maximum atomic E-state index is 13.9. The fourth-order valence-electron chi connectivity index (χ4n) is 3.00. The van der Waals surface area contributed by atoms with Crippen LogP contribution < -0.4 is 0 Å². The second kappa shape index (κ2) is 3.83. The molecule has 0 radical (unpaired) electrons. The number of aromatic nitrogens is 1. The fourth-order valence-corrected chi connectivity index (χ4v) is 3.00.